The number of hydrogen-bond donors (Lipinski definition) is 0. The van der Waals surface area contributed by atoms with Crippen molar-refractivity contribution in [2.75, 3.05) is 42.6 Å². The van der Waals surface area contributed by atoms with E-state index in [-0.39, 0.29) is 12.3 Å². The molecule has 1 aromatic heterocycles. The second-order valence-electron chi connectivity index (χ2n) is 5.85. The number of ether oxygens (including phenoxy) is 1. The first kappa shape index (κ1) is 14.9. The van der Waals surface area contributed by atoms with Crippen molar-refractivity contribution in [1.29, 1.82) is 0 Å². The monoisotopic (exact) mass is 325 g/mol. The Bertz CT molecular complexity index is 689. The minimum Gasteiger partial charge on any atom is -0.445 e. The van der Waals surface area contributed by atoms with E-state index in [1.165, 1.54) is 0 Å². The summed E-state index contributed by atoms with van der Waals surface area (Å²) < 4.78 is 5.31. The van der Waals surface area contributed by atoms with Crippen LogP contribution in [0.2, 0.25) is 0 Å². The number of rotatable bonds is 3. The number of aromatic nitrogens is 2. The Morgan fingerprint density at radius 3 is 2.54 bits per heavy atom. The minimum atomic E-state index is -0.275. The van der Waals surface area contributed by atoms with Gasteiger partial charge in [-0.05, 0) is 12.1 Å². The number of hydrogen-bond acceptors (Lipinski definition) is 6. The smallest absolute Gasteiger partial charge is 0.415 e. The number of anilines is 2. The van der Waals surface area contributed by atoms with Crippen molar-refractivity contribution in [3.05, 3.63) is 48.9 Å². The molecule has 7 nitrogen and oxygen atoms in total. The molecule has 0 N–H and O–H groups in total. The number of carbonyl (C=O) groups excluding carboxylic acids is 1. The SMILES string of the molecule is O=C1OCC(N2CCN(c3cnccn3)CC2)N1c1ccccc1. The van der Waals surface area contributed by atoms with Crippen LogP contribution in [-0.2, 0) is 4.74 Å². The molecule has 2 aliphatic heterocycles. The van der Waals surface area contributed by atoms with Gasteiger partial charge in [-0.3, -0.25) is 14.8 Å². The topological polar surface area (TPSA) is 61.8 Å². The molecule has 1 atom stereocenters. The molecule has 1 unspecified atom stereocenters. The van der Waals surface area contributed by atoms with E-state index in [0.717, 1.165) is 37.7 Å². The van der Waals surface area contributed by atoms with Gasteiger partial charge < -0.3 is 9.64 Å². The van der Waals surface area contributed by atoms with E-state index in [0.29, 0.717) is 6.61 Å². The molecule has 2 fully saturated rings. The van der Waals surface area contributed by atoms with Gasteiger partial charge in [-0.2, -0.15) is 0 Å². The van der Waals surface area contributed by atoms with Crippen molar-refractivity contribution in [2.45, 2.75) is 6.17 Å². The van der Waals surface area contributed by atoms with Gasteiger partial charge in [-0.15, -0.1) is 0 Å². The van der Waals surface area contributed by atoms with E-state index < -0.39 is 0 Å². The van der Waals surface area contributed by atoms with Gasteiger partial charge in [0.1, 0.15) is 18.6 Å². The molecule has 24 heavy (non-hydrogen) atoms. The molecule has 0 radical (unpaired) electrons. The highest BCUT2D eigenvalue weighted by Crippen LogP contribution is 2.26. The molecule has 2 aliphatic rings. The Balaban J connectivity index is 1.46. The van der Waals surface area contributed by atoms with Gasteiger partial charge in [-0.25, -0.2) is 9.78 Å². The van der Waals surface area contributed by atoms with E-state index in [1.54, 1.807) is 23.5 Å². The summed E-state index contributed by atoms with van der Waals surface area (Å²) in [5.74, 6) is 0.899. The van der Waals surface area contributed by atoms with Crippen molar-refractivity contribution in [3.8, 4) is 0 Å². The van der Waals surface area contributed by atoms with E-state index in [9.17, 15) is 4.79 Å². The van der Waals surface area contributed by atoms with Crippen molar-refractivity contribution >= 4 is 17.6 Å². The van der Waals surface area contributed by atoms with Gasteiger partial charge in [0.25, 0.3) is 0 Å². The van der Waals surface area contributed by atoms with Gasteiger partial charge in [0.05, 0.1) is 6.20 Å². The Hall–Kier alpha value is -2.67. The lowest BCUT2D eigenvalue weighted by molar-refractivity contribution is 0.146. The summed E-state index contributed by atoms with van der Waals surface area (Å²) in [5.41, 5.74) is 0.876. The first-order valence-corrected chi connectivity index (χ1v) is 8.09. The van der Waals surface area contributed by atoms with Crippen LogP contribution in [0.25, 0.3) is 0 Å². The summed E-state index contributed by atoms with van der Waals surface area (Å²) in [6, 6.07) is 9.69. The van der Waals surface area contributed by atoms with Crippen LogP contribution in [0.1, 0.15) is 0 Å². The lowest BCUT2D eigenvalue weighted by Gasteiger charge is -2.39. The number of nitrogens with zero attached hydrogens (tertiary/aromatic N) is 5. The molecule has 0 aliphatic carbocycles. The Morgan fingerprint density at radius 1 is 1.04 bits per heavy atom. The van der Waals surface area contributed by atoms with Crippen molar-refractivity contribution < 1.29 is 9.53 Å². The molecule has 0 spiro atoms. The van der Waals surface area contributed by atoms with E-state index in [2.05, 4.69) is 19.8 Å². The molecule has 3 heterocycles. The maximum Gasteiger partial charge on any atom is 0.415 e. The van der Waals surface area contributed by atoms with Crippen LogP contribution in [0, 0.1) is 0 Å². The normalized spacial score (nSPS) is 21.8. The molecule has 2 saturated heterocycles. The molecule has 124 valence electrons. The number of carbonyl (C=O) groups is 1. The maximum atomic E-state index is 12.2. The highest BCUT2D eigenvalue weighted by atomic mass is 16.6. The predicted molar refractivity (Wildman–Crippen MR) is 89.9 cm³/mol. The van der Waals surface area contributed by atoms with Gasteiger partial charge >= 0.3 is 6.09 Å². The predicted octanol–water partition coefficient (Wildman–Crippen LogP) is 1.58. The molecule has 2 aromatic rings. The molecule has 4 rings (SSSR count). The van der Waals surface area contributed by atoms with Gasteiger partial charge in [0.15, 0.2) is 0 Å². The number of para-hydroxylation sites is 1. The van der Waals surface area contributed by atoms with E-state index in [1.807, 2.05) is 30.3 Å². The van der Waals surface area contributed by atoms with Crippen molar-refractivity contribution in [2.24, 2.45) is 0 Å². The van der Waals surface area contributed by atoms with Crippen molar-refractivity contribution in [3.63, 3.8) is 0 Å². The Morgan fingerprint density at radius 2 is 1.83 bits per heavy atom. The number of amides is 1. The zero-order chi connectivity index (χ0) is 16.4. The lowest BCUT2D eigenvalue weighted by Crippen LogP contribution is -2.55. The van der Waals surface area contributed by atoms with Crippen LogP contribution in [0.5, 0.6) is 0 Å². The third-order valence-corrected chi connectivity index (χ3v) is 4.49. The van der Waals surface area contributed by atoms with Crippen LogP contribution in [0.4, 0.5) is 16.3 Å². The lowest BCUT2D eigenvalue weighted by atomic mass is 10.2. The number of piperazine rings is 1. The maximum absolute atomic E-state index is 12.2. The molecule has 7 heteroatoms. The van der Waals surface area contributed by atoms with Gasteiger partial charge in [0.2, 0.25) is 0 Å². The molecule has 1 aromatic carbocycles. The standard InChI is InChI=1S/C17H19N5O2/c23-17-22(14-4-2-1-3-5-14)16(13-24-17)21-10-8-20(9-11-21)15-12-18-6-7-19-15/h1-7,12,16H,8-11,13H2. The van der Waals surface area contributed by atoms with Crippen LogP contribution >= 0.6 is 0 Å². The van der Waals surface area contributed by atoms with Crippen LogP contribution in [-0.4, -0.2) is 59.9 Å². The zero-order valence-electron chi connectivity index (χ0n) is 13.3. The van der Waals surface area contributed by atoms with Crippen molar-refractivity contribution in [1.82, 2.24) is 14.9 Å². The summed E-state index contributed by atoms with van der Waals surface area (Å²) in [6.45, 7) is 3.80. The Kier molecular flexibility index (Phi) is 4.00. The van der Waals surface area contributed by atoms with Crippen LogP contribution in [0.3, 0.4) is 0 Å². The fourth-order valence-electron chi connectivity index (χ4n) is 3.25. The molecular formula is C17H19N5O2. The average Bonchev–Trinajstić information content (AvgIpc) is 3.05. The minimum absolute atomic E-state index is 0.0519. The summed E-state index contributed by atoms with van der Waals surface area (Å²) in [4.78, 5) is 26.9. The number of benzene rings is 1. The third-order valence-electron chi connectivity index (χ3n) is 4.49. The largest absolute Gasteiger partial charge is 0.445 e. The number of cyclic esters (lactones) is 1. The average molecular weight is 325 g/mol. The highest BCUT2D eigenvalue weighted by Gasteiger charge is 2.39. The molecule has 1 amide bonds. The van der Waals surface area contributed by atoms with Crippen LogP contribution < -0.4 is 9.80 Å². The summed E-state index contributed by atoms with van der Waals surface area (Å²) in [7, 11) is 0. The first-order valence-electron chi connectivity index (χ1n) is 8.09. The van der Waals surface area contributed by atoms with Gasteiger partial charge in [0, 0.05) is 44.3 Å². The molecular weight excluding hydrogens is 306 g/mol. The highest BCUT2D eigenvalue weighted by molar-refractivity contribution is 5.90. The zero-order valence-corrected chi connectivity index (χ0v) is 13.3. The van der Waals surface area contributed by atoms with E-state index >= 15 is 0 Å². The first-order chi connectivity index (χ1) is 11.8. The van der Waals surface area contributed by atoms with E-state index in [4.69, 9.17) is 4.74 Å². The van der Waals surface area contributed by atoms with Crippen LogP contribution in [0.15, 0.2) is 48.9 Å². The molecule has 0 saturated carbocycles. The fraction of sp³-hybridized carbons (Fsp3) is 0.353. The second kappa shape index (κ2) is 6.45. The third kappa shape index (κ3) is 2.78. The quantitative estimate of drug-likeness (QED) is 0.854. The van der Waals surface area contributed by atoms with Gasteiger partial charge in [-0.1, -0.05) is 18.2 Å². The summed E-state index contributed by atoms with van der Waals surface area (Å²) >= 11 is 0. The fourth-order valence-corrected chi connectivity index (χ4v) is 3.25. The molecule has 0 bridgehead atoms. The summed E-state index contributed by atoms with van der Waals surface area (Å²) in [5, 5.41) is 0. The Labute approximate surface area is 140 Å². The second-order valence-corrected chi connectivity index (χ2v) is 5.85. The summed E-state index contributed by atoms with van der Waals surface area (Å²) in [6.07, 6.45) is 4.85.